The maximum absolute atomic E-state index is 11.1. The minimum absolute atomic E-state index is 0.0491. The zero-order valence-electron chi connectivity index (χ0n) is 9.71. The highest BCUT2D eigenvalue weighted by atomic mass is 35.7. The molecule has 0 aromatic heterocycles. The van der Waals surface area contributed by atoms with Crippen molar-refractivity contribution in [2.75, 3.05) is 0 Å². The van der Waals surface area contributed by atoms with Crippen LogP contribution < -0.4 is 4.74 Å². The van der Waals surface area contributed by atoms with E-state index in [1.165, 1.54) is 12.1 Å². The van der Waals surface area contributed by atoms with Gasteiger partial charge >= 0.3 is 0 Å². The molecule has 0 radical (unpaired) electrons. The van der Waals surface area contributed by atoms with Gasteiger partial charge in [-0.3, -0.25) is 0 Å². The van der Waals surface area contributed by atoms with E-state index in [2.05, 4.69) is 0 Å². The molecule has 0 aliphatic rings. The maximum atomic E-state index is 11.1. The Morgan fingerprint density at radius 3 is 2.05 bits per heavy atom. The minimum Gasteiger partial charge on any atom is -0.489 e. The first-order valence-electron chi connectivity index (χ1n) is 5.37. The van der Waals surface area contributed by atoms with Crippen LogP contribution in [0.4, 0.5) is 0 Å². The highest BCUT2D eigenvalue weighted by molar-refractivity contribution is 8.13. The molecule has 6 heteroatoms. The van der Waals surface area contributed by atoms with Crippen LogP contribution in [0, 0.1) is 0 Å². The highest BCUT2D eigenvalue weighted by Crippen LogP contribution is 2.20. The van der Waals surface area contributed by atoms with Gasteiger partial charge in [0.05, 0.1) is 4.90 Å². The van der Waals surface area contributed by atoms with E-state index < -0.39 is 9.05 Å². The fourth-order valence-corrected chi connectivity index (χ4v) is 2.34. The van der Waals surface area contributed by atoms with Gasteiger partial charge < -0.3 is 4.74 Å². The summed E-state index contributed by atoms with van der Waals surface area (Å²) >= 11 is 5.78. The molecule has 0 N–H and O–H groups in total. The Labute approximate surface area is 121 Å². The summed E-state index contributed by atoms with van der Waals surface area (Å²) in [6.07, 6.45) is 0. The van der Waals surface area contributed by atoms with E-state index in [-0.39, 0.29) is 4.90 Å². The van der Waals surface area contributed by atoms with Crippen molar-refractivity contribution in [3.05, 3.63) is 59.1 Å². The van der Waals surface area contributed by atoms with Crippen LogP contribution in [0.25, 0.3) is 0 Å². The van der Waals surface area contributed by atoms with Crippen LogP contribution >= 0.6 is 22.3 Å². The van der Waals surface area contributed by atoms with E-state index in [4.69, 9.17) is 27.0 Å². The van der Waals surface area contributed by atoms with Crippen LogP contribution in [0.2, 0.25) is 5.02 Å². The van der Waals surface area contributed by atoms with E-state index in [1.54, 1.807) is 24.3 Å². The second-order valence-electron chi connectivity index (χ2n) is 3.82. The maximum Gasteiger partial charge on any atom is 0.261 e. The number of rotatable bonds is 4. The Balaban J connectivity index is 2.02. The summed E-state index contributed by atoms with van der Waals surface area (Å²) in [4.78, 5) is 0.0491. The molecular weight excluding hydrogens is 307 g/mol. The van der Waals surface area contributed by atoms with Crippen LogP contribution in [0.3, 0.4) is 0 Å². The molecule has 0 atom stereocenters. The fraction of sp³-hybridized carbons (Fsp3) is 0.0769. The number of ether oxygens (including phenoxy) is 1. The minimum atomic E-state index is -3.69. The van der Waals surface area contributed by atoms with E-state index in [0.29, 0.717) is 17.4 Å². The Hall–Kier alpha value is -1.23. The molecule has 0 saturated carbocycles. The first kappa shape index (κ1) is 14.2. The zero-order valence-corrected chi connectivity index (χ0v) is 12.0. The predicted octanol–water partition coefficient (Wildman–Crippen LogP) is 3.85. The molecule has 19 heavy (non-hydrogen) atoms. The molecule has 0 amide bonds. The van der Waals surface area contributed by atoms with Crippen LogP contribution in [0.5, 0.6) is 5.75 Å². The van der Waals surface area contributed by atoms with E-state index in [9.17, 15) is 8.42 Å². The average molecular weight is 317 g/mol. The van der Waals surface area contributed by atoms with Crippen molar-refractivity contribution in [2.24, 2.45) is 0 Å². The molecule has 100 valence electrons. The molecule has 0 bridgehead atoms. The summed E-state index contributed by atoms with van der Waals surface area (Å²) in [6.45, 7) is 0.379. The summed E-state index contributed by atoms with van der Waals surface area (Å²) in [5, 5.41) is 0.667. The summed E-state index contributed by atoms with van der Waals surface area (Å²) < 4.78 is 27.7. The lowest BCUT2D eigenvalue weighted by Crippen LogP contribution is -1.96. The van der Waals surface area contributed by atoms with Gasteiger partial charge in [0, 0.05) is 15.7 Å². The lowest BCUT2D eigenvalue weighted by Gasteiger charge is -2.06. The first-order chi connectivity index (χ1) is 8.95. The molecular formula is C13H10Cl2O3S. The Bertz CT molecular complexity index is 649. The van der Waals surface area contributed by atoms with Gasteiger partial charge in [0.25, 0.3) is 9.05 Å². The van der Waals surface area contributed by atoms with Crippen LogP contribution in [-0.4, -0.2) is 8.42 Å². The van der Waals surface area contributed by atoms with Gasteiger partial charge in [-0.15, -0.1) is 0 Å². The lowest BCUT2D eigenvalue weighted by molar-refractivity contribution is 0.306. The Kier molecular flexibility index (Phi) is 4.34. The van der Waals surface area contributed by atoms with E-state index in [1.807, 2.05) is 12.1 Å². The first-order valence-corrected chi connectivity index (χ1v) is 8.06. The third-order valence-electron chi connectivity index (χ3n) is 2.42. The lowest BCUT2D eigenvalue weighted by atomic mass is 10.2. The summed E-state index contributed by atoms with van der Waals surface area (Å²) in [5.41, 5.74) is 0.971. The van der Waals surface area contributed by atoms with Crippen molar-refractivity contribution in [2.45, 2.75) is 11.5 Å². The van der Waals surface area contributed by atoms with Crippen molar-refractivity contribution in [1.82, 2.24) is 0 Å². The molecule has 0 aliphatic heterocycles. The zero-order chi connectivity index (χ0) is 13.9. The number of hydrogen-bond acceptors (Lipinski definition) is 3. The molecule has 0 saturated heterocycles. The van der Waals surface area contributed by atoms with Crippen LogP contribution in [0.15, 0.2) is 53.4 Å². The molecule has 2 aromatic carbocycles. The largest absolute Gasteiger partial charge is 0.489 e. The van der Waals surface area contributed by atoms with Gasteiger partial charge in [-0.05, 0) is 42.0 Å². The molecule has 2 aromatic rings. The van der Waals surface area contributed by atoms with Gasteiger partial charge in [-0.2, -0.15) is 0 Å². The van der Waals surface area contributed by atoms with Crippen molar-refractivity contribution in [3.8, 4) is 5.75 Å². The Morgan fingerprint density at radius 1 is 0.947 bits per heavy atom. The molecule has 2 rings (SSSR count). The quantitative estimate of drug-likeness (QED) is 0.805. The van der Waals surface area contributed by atoms with E-state index in [0.717, 1.165) is 5.56 Å². The monoisotopic (exact) mass is 316 g/mol. The van der Waals surface area contributed by atoms with Gasteiger partial charge in [-0.1, -0.05) is 23.7 Å². The molecule has 3 nitrogen and oxygen atoms in total. The molecule has 0 spiro atoms. The van der Waals surface area contributed by atoms with Gasteiger partial charge in [0.15, 0.2) is 0 Å². The number of hydrogen-bond donors (Lipinski definition) is 0. The third kappa shape index (κ3) is 4.13. The molecule has 0 unspecified atom stereocenters. The summed E-state index contributed by atoms with van der Waals surface area (Å²) in [6, 6.07) is 13.2. The Morgan fingerprint density at radius 2 is 1.53 bits per heavy atom. The summed E-state index contributed by atoms with van der Waals surface area (Å²) in [7, 11) is 1.53. The van der Waals surface area contributed by atoms with Crippen molar-refractivity contribution < 1.29 is 13.2 Å². The SMILES string of the molecule is O=S(=O)(Cl)c1ccc(OCc2ccc(Cl)cc2)cc1. The van der Waals surface area contributed by atoms with E-state index >= 15 is 0 Å². The third-order valence-corrected chi connectivity index (χ3v) is 4.05. The second kappa shape index (κ2) is 5.82. The van der Waals surface area contributed by atoms with Gasteiger partial charge in [0.2, 0.25) is 0 Å². The van der Waals surface area contributed by atoms with Crippen molar-refractivity contribution in [3.63, 3.8) is 0 Å². The smallest absolute Gasteiger partial charge is 0.261 e. The van der Waals surface area contributed by atoms with Crippen molar-refractivity contribution in [1.29, 1.82) is 0 Å². The standard InChI is InChI=1S/C13H10Cl2O3S/c14-11-3-1-10(2-4-11)9-18-12-5-7-13(8-6-12)19(15,16)17/h1-8H,9H2. The van der Waals surface area contributed by atoms with Crippen LogP contribution in [0.1, 0.15) is 5.56 Å². The number of halogens is 2. The van der Waals surface area contributed by atoms with Gasteiger partial charge in [-0.25, -0.2) is 8.42 Å². The molecule has 0 heterocycles. The average Bonchev–Trinajstić information content (AvgIpc) is 2.37. The topological polar surface area (TPSA) is 43.4 Å². The molecule has 0 aliphatic carbocycles. The fourth-order valence-electron chi connectivity index (χ4n) is 1.45. The molecule has 0 fully saturated rings. The number of benzene rings is 2. The van der Waals surface area contributed by atoms with Crippen molar-refractivity contribution >= 4 is 31.3 Å². The second-order valence-corrected chi connectivity index (χ2v) is 6.83. The predicted molar refractivity (Wildman–Crippen MR) is 75.3 cm³/mol. The summed E-state index contributed by atoms with van der Waals surface area (Å²) in [5.74, 6) is 0.569. The van der Waals surface area contributed by atoms with Gasteiger partial charge in [0.1, 0.15) is 12.4 Å². The van der Waals surface area contributed by atoms with Crippen LogP contribution in [-0.2, 0) is 15.7 Å². The normalized spacial score (nSPS) is 11.3. The highest BCUT2D eigenvalue weighted by Gasteiger charge is 2.09.